The van der Waals surface area contributed by atoms with Gasteiger partial charge >= 0.3 is 25.8 Å². The first-order valence-corrected chi connectivity index (χ1v) is 6.24. The van der Waals surface area contributed by atoms with Gasteiger partial charge in [0.1, 0.15) is 6.71 Å². The molecule has 1 aliphatic rings. The summed E-state index contributed by atoms with van der Waals surface area (Å²) >= 11 is 0. The van der Waals surface area contributed by atoms with Gasteiger partial charge in [-0.25, -0.2) is 4.39 Å². The number of alkyl halides is 1. The van der Waals surface area contributed by atoms with Crippen LogP contribution in [0.5, 0.6) is 0 Å². The van der Waals surface area contributed by atoms with Gasteiger partial charge in [0.15, 0.2) is 0 Å². The third kappa shape index (κ3) is 16.7. The molecule has 0 aromatic rings. The first kappa shape index (κ1) is 28.0. The molecule has 1 aliphatic carbocycles. The molecule has 0 radical (unpaired) electrons. The largest absolute Gasteiger partial charge is 4.00 e. The molecule has 0 heterocycles. The maximum atomic E-state index is 13.1. The van der Waals surface area contributed by atoms with Crippen LogP contribution < -0.4 is 0 Å². The molecule has 0 bridgehead atoms. The fourth-order valence-corrected chi connectivity index (χ4v) is 2.01. The maximum absolute atomic E-state index is 13.1. The van der Waals surface area contributed by atoms with E-state index in [9.17, 15) is 4.39 Å². The maximum Gasteiger partial charge on any atom is 4.00 e. The fourth-order valence-electron chi connectivity index (χ4n) is 2.01. The second-order valence-electron chi connectivity index (χ2n) is 4.48. The Morgan fingerprint density at radius 1 is 1.05 bits per heavy atom. The molecule has 0 aromatic heterocycles. The van der Waals surface area contributed by atoms with Crippen molar-refractivity contribution in [1.29, 1.82) is 0 Å². The summed E-state index contributed by atoms with van der Waals surface area (Å²) in [5, 5.41) is 11.0. The minimum atomic E-state index is -0.549. The average molecular weight is 438 g/mol. The van der Waals surface area contributed by atoms with Crippen LogP contribution in [0, 0.1) is 7.43 Å². The molecule has 1 fully saturated rings. The van der Waals surface area contributed by atoms with Gasteiger partial charge in [0, 0.05) is 0 Å². The summed E-state index contributed by atoms with van der Waals surface area (Å²) in [6.07, 6.45) is 3.19. The Morgan fingerprint density at radius 2 is 1.47 bits per heavy atom. The molecule has 1 saturated carbocycles. The Bertz CT molecular complexity index is 154. The van der Waals surface area contributed by atoms with Gasteiger partial charge in [-0.2, -0.15) is 41.7 Å². The summed E-state index contributed by atoms with van der Waals surface area (Å²) in [7, 11) is 8.80. The van der Waals surface area contributed by atoms with Crippen LogP contribution in [0.3, 0.4) is 0 Å². The van der Waals surface area contributed by atoms with E-state index in [0.717, 1.165) is 25.7 Å². The predicted octanol–water partition coefficient (Wildman–Crippen LogP) is 4.23. The van der Waals surface area contributed by atoms with E-state index in [0.29, 0.717) is 12.5 Å². The molecule has 2 unspecified atom stereocenters. The van der Waals surface area contributed by atoms with Crippen molar-refractivity contribution in [3.8, 4) is 0 Å². The summed E-state index contributed by atoms with van der Waals surface area (Å²) < 4.78 is 13.1. The molecule has 0 aliphatic heterocycles. The Kier molecular flexibility index (Phi) is 31.0. The summed E-state index contributed by atoms with van der Waals surface area (Å²) in [4.78, 5) is 0. The number of hydrogen-bond donors (Lipinski definition) is 0. The topological polar surface area (TPSA) is 42.3 Å². The van der Waals surface area contributed by atoms with Gasteiger partial charge in [-0.15, -0.1) is 0 Å². The molecule has 6 heteroatoms. The molecule has 0 N–H and O–H groups in total. The number of nitrogens with zero attached hydrogens (tertiary/aromatic N) is 3. The third-order valence-electron chi connectivity index (χ3n) is 2.68. The van der Waals surface area contributed by atoms with E-state index in [1.807, 2.05) is 0 Å². The molecule has 2 atom stereocenters. The van der Waals surface area contributed by atoms with Gasteiger partial charge in [0.2, 0.25) is 0 Å². The SMILES string of the molecule is C[N-]C.C[N-]C.C[N-]CB(C)C1CCCC1F.[CH3-].[Hf+4]. The first-order valence-electron chi connectivity index (χ1n) is 6.24. The van der Waals surface area contributed by atoms with Gasteiger partial charge in [-0.3, -0.25) is 0 Å². The van der Waals surface area contributed by atoms with Gasteiger partial charge in [-0.05, 0) is 12.2 Å². The quantitative estimate of drug-likeness (QED) is 0.468. The zero-order chi connectivity index (χ0) is 13.7. The standard InChI is InChI=1S/C8H16BFN.2C2H6N.CH3.Hf/c1-9(6-11-2)7-4-3-5-8(7)10;2*1-3-2;;/h7-8H,3-6H2,1-2H3;2*1-2H3;1H3;/q4*-1;+4. The van der Waals surface area contributed by atoms with Crippen molar-refractivity contribution < 1.29 is 30.2 Å². The predicted molar refractivity (Wildman–Crippen MR) is 85.1 cm³/mol. The molecule has 0 aromatic carbocycles. The normalized spacial score (nSPS) is 19.7. The van der Waals surface area contributed by atoms with Gasteiger partial charge < -0.3 is 23.4 Å². The second kappa shape index (κ2) is 21.1. The first-order chi connectivity index (χ1) is 8.08. The van der Waals surface area contributed by atoms with Crippen LogP contribution in [0.2, 0.25) is 12.6 Å². The summed E-state index contributed by atoms with van der Waals surface area (Å²) in [5.74, 6) is 0.290. The van der Waals surface area contributed by atoms with E-state index >= 15 is 0 Å². The van der Waals surface area contributed by atoms with Crippen LogP contribution >= 0.6 is 0 Å². The molecule has 3 nitrogen and oxygen atoms in total. The fraction of sp³-hybridized carbons (Fsp3) is 0.923. The van der Waals surface area contributed by atoms with E-state index in [2.05, 4.69) is 22.8 Å². The molecule has 0 amide bonds. The van der Waals surface area contributed by atoms with Gasteiger partial charge in [-0.1, -0.05) is 19.7 Å². The van der Waals surface area contributed by atoms with Crippen molar-refractivity contribution in [2.75, 3.05) is 41.7 Å². The Morgan fingerprint density at radius 3 is 1.74 bits per heavy atom. The second-order valence-corrected chi connectivity index (χ2v) is 4.48. The minimum absolute atomic E-state index is 0. The Hall–Kier alpha value is 0.745. The zero-order valence-corrected chi connectivity index (χ0v) is 17.4. The van der Waals surface area contributed by atoms with E-state index in [1.165, 1.54) is 0 Å². The van der Waals surface area contributed by atoms with Crippen molar-refractivity contribution in [3.05, 3.63) is 23.4 Å². The number of rotatable bonds is 3. The third-order valence-corrected chi connectivity index (χ3v) is 2.68. The van der Waals surface area contributed by atoms with Crippen LogP contribution in [-0.4, -0.2) is 54.6 Å². The summed E-state index contributed by atoms with van der Waals surface area (Å²) in [6, 6.07) is 0. The smallest absolute Gasteiger partial charge is 0.671 e. The molecule has 19 heavy (non-hydrogen) atoms. The Balaban J connectivity index is -0.000000122. The Labute approximate surface area is 140 Å². The van der Waals surface area contributed by atoms with Crippen LogP contribution in [0.25, 0.3) is 16.0 Å². The average Bonchev–Trinajstić information content (AvgIpc) is 2.67. The monoisotopic (exact) mass is 439 g/mol. The minimum Gasteiger partial charge on any atom is -0.671 e. The van der Waals surface area contributed by atoms with Crippen LogP contribution in [-0.2, 0) is 25.8 Å². The van der Waals surface area contributed by atoms with Crippen LogP contribution in [0.1, 0.15) is 19.3 Å². The van der Waals surface area contributed by atoms with Crippen LogP contribution in [0.15, 0.2) is 0 Å². The summed E-state index contributed by atoms with van der Waals surface area (Å²) in [6.45, 7) is 2.55. The van der Waals surface area contributed by atoms with Crippen molar-refractivity contribution in [2.24, 2.45) is 0 Å². The molecule has 1 rings (SSSR count). The van der Waals surface area contributed by atoms with Gasteiger partial charge in [0.25, 0.3) is 0 Å². The number of hydrogen-bond acceptors (Lipinski definition) is 0. The zero-order valence-electron chi connectivity index (χ0n) is 13.8. The van der Waals surface area contributed by atoms with E-state index in [1.54, 1.807) is 35.2 Å². The van der Waals surface area contributed by atoms with Crippen molar-refractivity contribution in [3.63, 3.8) is 0 Å². The molecule has 112 valence electrons. The van der Waals surface area contributed by atoms with Crippen LogP contribution in [0.4, 0.5) is 4.39 Å². The van der Waals surface area contributed by atoms with Crippen molar-refractivity contribution in [1.82, 2.24) is 0 Å². The molecule has 0 spiro atoms. The van der Waals surface area contributed by atoms with Gasteiger partial charge in [0.05, 0.1) is 6.17 Å². The van der Waals surface area contributed by atoms with Crippen molar-refractivity contribution >= 4 is 6.71 Å². The van der Waals surface area contributed by atoms with E-state index < -0.39 is 6.17 Å². The van der Waals surface area contributed by atoms with E-state index in [4.69, 9.17) is 0 Å². The molecular weight excluding hydrogens is 406 g/mol. The van der Waals surface area contributed by atoms with E-state index in [-0.39, 0.29) is 33.3 Å². The molecular formula is C13H31BFHfN3. The molecule has 0 saturated heterocycles. The number of halogens is 1. The summed E-state index contributed by atoms with van der Waals surface area (Å²) in [5.41, 5.74) is 0. The van der Waals surface area contributed by atoms with Crippen molar-refractivity contribution in [2.45, 2.75) is 38.1 Å².